The molecule has 2 heterocycles. The summed E-state index contributed by atoms with van der Waals surface area (Å²) >= 11 is 0. The van der Waals surface area contributed by atoms with Crippen molar-refractivity contribution < 1.29 is 54.4 Å². The minimum atomic E-state index is -1.78. The molecule has 0 spiro atoms. The van der Waals surface area contributed by atoms with Crippen LogP contribution in [-0.4, -0.2) is 97.2 Å². The standard InChI is InChI=1S/C21H30O11/c1-10(6-13(23)24)4-5-21(29)19(2)7-11(8-20(21,3)32-18(19)28)30-17-16(27)15(26)14(25)12(9-22)31-17/h4-6,11-12,14-17,22,25-27,29H,7-9H2,1-3H3,(H,23,24)/b5-4+,10-6-/t11-,12+,14+,15-,16+,17+,19+,20+,21-/m0/s1. The lowest BCUT2D eigenvalue weighted by Gasteiger charge is -2.49. The zero-order valence-corrected chi connectivity index (χ0v) is 18.0. The van der Waals surface area contributed by atoms with Gasteiger partial charge in [-0.3, -0.25) is 4.79 Å². The molecule has 9 atom stereocenters. The number of fused-ring (bicyclic) bond motifs is 2. The third kappa shape index (κ3) is 3.87. The number of ether oxygens (including phenoxy) is 3. The Labute approximate surface area is 184 Å². The van der Waals surface area contributed by atoms with E-state index in [0.717, 1.165) is 6.08 Å². The molecular formula is C21H30O11. The second-order valence-electron chi connectivity index (χ2n) is 9.14. The van der Waals surface area contributed by atoms with Crippen LogP contribution in [0, 0.1) is 5.41 Å². The molecule has 3 aliphatic rings. The van der Waals surface area contributed by atoms with Crippen LogP contribution in [0.1, 0.15) is 33.6 Å². The van der Waals surface area contributed by atoms with Crippen molar-refractivity contribution in [3.05, 3.63) is 23.8 Å². The van der Waals surface area contributed by atoms with Crippen molar-refractivity contribution >= 4 is 11.9 Å². The monoisotopic (exact) mass is 458 g/mol. The topological polar surface area (TPSA) is 183 Å². The average molecular weight is 458 g/mol. The molecule has 2 bridgehead atoms. The summed E-state index contributed by atoms with van der Waals surface area (Å²) in [4.78, 5) is 23.6. The first-order chi connectivity index (χ1) is 14.8. The minimum absolute atomic E-state index is 0.00584. The van der Waals surface area contributed by atoms with Gasteiger partial charge in [0, 0.05) is 12.5 Å². The number of esters is 1. The summed E-state index contributed by atoms with van der Waals surface area (Å²) in [6.07, 6.45) is -4.33. The van der Waals surface area contributed by atoms with Gasteiger partial charge < -0.3 is 44.8 Å². The molecule has 0 amide bonds. The molecule has 1 aliphatic carbocycles. The smallest absolute Gasteiger partial charge is 0.328 e. The zero-order valence-electron chi connectivity index (χ0n) is 18.0. The lowest BCUT2D eigenvalue weighted by Crippen LogP contribution is -2.63. The Bertz CT molecular complexity index is 823. The maximum absolute atomic E-state index is 12.7. The van der Waals surface area contributed by atoms with E-state index >= 15 is 0 Å². The van der Waals surface area contributed by atoms with Crippen molar-refractivity contribution in [1.82, 2.24) is 0 Å². The normalized spacial score (nSPS) is 47.0. The number of aliphatic hydroxyl groups excluding tert-OH is 4. The van der Waals surface area contributed by atoms with Gasteiger partial charge in [0.1, 0.15) is 41.0 Å². The SMILES string of the molecule is CC(=C/C(=O)O)/C=C/[C@@]1(O)[C@@]2(C)C[C@@H](O[C@@H]3O[C@H](CO)[C@@H](O)[C@H](O)[C@H]3O)C[C@]1(C)C(=O)O2. The Balaban J connectivity index is 1.84. The van der Waals surface area contributed by atoms with Gasteiger partial charge in [0.15, 0.2) is 6.29 Å². The van der Waals surface area contributed by atoms with E-state index in [-0.39, 0.29) is 12.8 Å². The summed E-state index contributed by atoms with van der Waals surface area (Å²) < 4.78 is 16.7. The summed E-state index contributed by atoms with van der Waals surface area (Å²) in [6.45, 7) is 3.96. The van der Waals surface area contributed by atoms with E-state index in [1.807, 2.05) is 0 Å². The van der Waals surface area contributed by atoms with Gasteiger partial charge in [-0.25, -0.2) is 4.79 Å². The summed E-state index contributed by atoms with van der Waals surface area (Å²) in [5, 5.41) is 59.9. The van der Waals surface area contributed by atoms with Gasteiger partial charge in [-0.2, -0.15) is 0 Å². The van der Waals surface area contributed by atoms with Gasteiger partial charge in [0.2, 0.25) is 0 Å². The van der Waals surface area contributed by atoms with Gasteiger partial charge in [-0.05, 0) is 38.8 Å². The molecule has 0 aromatic carbocycles. The number of hydrogen-bond acceptors (Lipinski definition) is 10. The summed E-state index contributed by atoms with van der Waals surface area (Å²) in [7, 11) is 0. The van der Waals surface area contributed by atoms with Gasteiger partial charge >= 0.3 is 11.9 Å². The third-order valence-electron chi connectivity index (χ3n) is 6.78. The fourth-order valence-corrected chi connectivity index (χ4v) is 4.85. The zero-order chi connectivity index (χ0) is 24.1. The van der Waals surface area contributed by atoms with E-state index in [4.69, 9.17) is 19.3 Å². The number of carbonyl (C=O) groups excluding carboxylic acids is 1. The van der Waals surface area contributed by atoms with Crippen LogP contribution in [-0.2, 0) is 23.8 Å². The van der Waals surface area contributed by atoms with Gasteiger partial charge in [0.05, 0.1) is 12.7 Å². The van der Waals surface area contributed by atoms with E-state index in [0.29, 0.717) is 5.57 Å². The van der Waals surface area contributed by atoms with Gasteiger partial charge in [-0.15, -0.1) is 0 Å². The molecule has 0 radical (unpaired) electrons. The highest BCUT2D eigenvalue weighted by molar-refractivity contribution is 5.84. The molecule has 11 nitrogen and oxygen atoms in total. The second kappa shape index (κ2) is 8.49. The van der Waals surface area contributed by atoms with Gasteiger partial charge in [0.25, 0.3) is 0 Å². The molecule has 2 aliphatic heterocycles. The van der Waals surface area contributed by atoms with Crippen LogP contribution in [0.4, 0.5) is 0 Å². The van der Waals surface area contributed by atoms with Crippen LogP contribution in [0.5, 0.6) is 0 Å². The van der Waals surface area contributed by atoms with Crippen LogP contribution < -0.4 is 0 Å². The molecule has 2 saturated heterocycles. The van der Waals surface area contributed by atoms with Crippen molar-refractivity contribution in [2.75, 3.05) is 6.61 Å². The van der Waals surface area contributed by atoms with Crippen molar-refractivity contribution in [2.45, 2.75) is 81.6 Å². The molecule has 180 valence electrons. The molecule has 11 heteroatoms. The van der Waals surface area contributed by atoms with Crippen molar-refractivity contribution in [2.24, 2.45) is 5.41 Å². The molecule has 6 N–H and O–H groups in total. The molecule has 32 heavy (non-hydrogen) atoms. The molecule has 3 fully saturated rings. The highest BCUT2D eigenvalue weighted by Crippen LogP contribution is 2.59. The maximum Gasteiger partial charge on any atom is 0.328 e. The number of rotatable bonds is 6. The van der Waals surface area contributed by atoms with E-state index in [2.05, 4.69) is 0 Å². The van der Waals surface area contributed by atoms with Gasteiger partial charge in [-0.1, -0.05) is 6.08 Å². The molecular weight excluding hydrogens is 428 g/mol. The largest absolute Gasteiger partial charge is 0.478 e. The van der Waals surface area contributed by atoms with Crippen LogP contribution >= 0.6 is 0 Å². The number of carboxylic acids is 1. The second-order valence-corrected chi connectivity index (χ2v) is 9.14. The lowest BCUT2D eigenvalue weighted by atomic mass is 9.59. The van der Waals surface area contributed by atoms with Crippen molar-refractivity contribution in [1.29, 1.82) is 0 Å². The highest BCUT2D eigenvalue weighted by Gasteiger charge is 2.73. The number of hydrogen-bond donors (Lipinski definition) is 6. The Hall–Kier alpha value is -1.86. The number of carboxylic acid groups (broad SMARTS) is 1. The fourth-order valence-electron chi connectivity index (χ4n) is 4.85. The first kappa shape index (κ1) is 24.8. The predicted molar refractivity (Wildman–Crippen MR) is 106 cm³/mol. The van der Waals surface area contributed by atoms with Crippen LogP contribution in [0.3, 0.4) is 0 Å². The third-order valence-corrected chi connectivity index (χ3v) is 6.78. The number of carbonyl (C=O) groups is 2. The lowest BCUT2D eigenvalue weighted by molar-refractivity contribution is -0.319. The molecule has 0 aromatic heterocycles. The summed E-state index contributed by atoms with van der Waals surface area (Å²) in [5.74, 6) is -1.81. The van der Waals surface area contributed by atoms with Crippen molar-refractivity contribution in [3.63, 3.8) is 0 Å². The first-order valence-corrected chi connectivity index (χ1v) is 10.3. The highest BCUT2D eigenvalue weighted by atomic mass is 16.7. The average Bonchev–Trinajstić information content (AvgIpc) is 2.77. The Kier molecular flexibility index (Phi) is 6.57. The minimum Gasteiger partial charge on any atom is -0.478 e. The molecule has 0 aromatic rings. The summed E-state index contributed by atoms with van der Waals surface area (Å²) in [6, 6.07) is 0. The van der Waals surface area contributed by atoms with Crippen molar-refractivity contribution in [3.8, 4) is 0 Å². The Morgan fingerprint density at radius 1 is 1.19 bits per heavy atom. The fraction of sp³-hybridized carbons (Fsp3) is 0.714. The Morgan fingerprint density at radius 2 is 1.84 bits per heavy atom. The van der Waals surface area contributed by atoms with E-state index in [1.54, 1.807) is 0 Å². The predicted octanol–water partition coefficient (Wildman–Crippen LogP) is -1.39. The first-order valence-electron chi connectivity index (χ1n) is 10.3. The molecule has 0 unspecified atom stereocenters. The van der Waals surface area contributed by atoms with Crippen LogP contribution in [0.25, 0.3) is 0 Å². The van der Waals surface area contributed by atoms with Crippen LogP contribution in [0.2, 0.25) is 0 Å². The number of aliphatic carboxylic acids is 1. The van der Waals surface area contributed by atoms with E-state index in [1.165, 1.54) is 32.9 Å². The Morgan fingerprint density at radius 3 is 2.41 bits per heavy atom. The molecule has 3 rings (SSSR count). The number of aliphatic hydroxyl groups is 5. The van der Waals surface area contributed by atoms with E-state index in [9.17, 15) is 35.1 Å². The maximum atomic E-state index is 12.7. The quantitative estimate of drug-likeness (QED) is 0.156. The number of allylic oxidation sites excluding steroid dienone is 2. The molecule has 1 saturated carbocycles. The summed E-state index contributed by atoms with van der Waals surface area (Å²) in [5.41, 5.74) is -4.32. The van der Waals surface area contributed by atoms with E-state index < -0.39 is 72.0 Å². The van der Waals surface area contributed by atoms with Crippen LogP contribution in [0.15, 0.2) is 23.8 Å².